The van der Waals surface area contributed by atoms with E-state index < -0.39 is 0 Å². The highest BCUT2D eigenvalue weighted by Crippen LogP contribution is 2.29. The van der Waals surface area contributed by atoms with Gasteiger partial charge >= 0.3 is 5.97 Å². The van der Waals surface area contributed by atoms with E-state index >= 15 is 0 Å². The monoisotopic (exact) mass is 375 g/mol. The Morgan fingerprint density at radius 1 is 1.33 bits per heavy atom. The summed E-state index contributed by atoms with van der Waals surface area (Å²) in [6.07, 6.45) is 6.08. The van der Waals surface area contributed by atoms with Gasteiger partial charge in [-0.15, -0.1) is 0 Å². The van der Waals surface area contributed by atoms with Gasteiger partial charge < -0.3 is 19.1 Å². The Balaban J connectivity index is 1.63. The number of carbonyl (C=O) groups excluding carboxylic acids is 1. The number of hydrogen-bond acceptors (Lipinski definition) is 8. The minimum Gasteiger partial charge on any atom is -0.473 e. The van der Waals surface area contributed by atoms with Gasteiger partial charge in [-0.25, -0.2) is 9.97 Å². The summed E-state index contributed by atoms with van der Waals surface area (Å²) in [6, 6.07) is 0. The van der Waals surface area contributed by atoms with Gasteiger partial charge in [0.2, 0.25) is 5.88 Å². The molecule has 0 radical (unpaired) electrons. The normalized spacial score (nSPS) is 19.9. The minimum atomic E-state index is -0.180. The first-order valence-corrected chi connectivity index (χ1v) is 9.23. The zero-order valence-electron chi connectivity index (χ0n) is 15.8. The number of hydrogen-bond donors (Lipinski definition) is 1. The lowest BCUT2D eigenvalue weighted by Crippen LogP contribution is -2.31. The molecule has 1 fully saturated rings. The summed E-state index contributed by atoms with van der Waals surface area (Å²) >= 11 is 0. The Kier molecular flexibility index (Phi) is 6.05. The van der Waals surface area contributed by atoms with Crippen LogP contribution in [0.5, 0.6) is 5.88 Å². The van der Waals surface area contributed by atoms with E-state index in [-0.39, 0.29) is 30.7 Å². The molecule has 2 heterocycles. The third kappa shape index (κ3) is 4.63. The lowest BCUT2D eigenvalue weighted by atomic mass is 9.87. The average molecular weight is 375 g/mol. The van der Waals surface area contributed by atoms with Crippen LogP contribution in [0.15, 0.2) is 16.9 Å². The number of carbonyl (C=O) groups is 1. The van der Waals surface area contributed by atoms with Crippen LogP contribution >= 0.6 is 0 Å². The second-order valence-corrected chi connectivity index (χ2v) is 7.05. The Labute approximate surface area is 157 Å². The SMILES string of the molecule is Cc1onc(-c2cnc(O[C@H]3CCC[C@H](C(=O)OC(C)C)C3)cn2)c1CO. The van der Waals surface area contributed by atoms with Crippen molar-refractivity contribution in [1.82, 2.24) is 15.1 Å². The highest BCUT2D eigenvalue weighted by molar-refractivity contribution is 5.72. The van der Waals surface area contributed by atoms with Crippen molar-refractivity contribution in [3.8, 4) is 17.3 Å². The molecular formula is C19H25N3O5. The summed E-state index contributed by atoms with van der Waals surface area (Å²) in [6.45, 7) is 5.26. The number of aliphatic hydroxyl groups is 1. The summed E-state index contributed by atoms with van der Waals surface area (Å²) in [4.78, 5) is 20.7. The van der Waals surface area contributed by atoms with Gasteiger partial charge in [-0.2, -0.15) is 0 Å². The van der Waals surface area contributed by atoms with Crippen molar-refractivity contribution in [3.05, 3.63) is 23.7 Å². The summed E-state index contributed by atoms with van der Waals surface area (Å²) in [5, 5.41) is 13.4. The molecule has 0 aliphatic heterocycles. The maximum atomic E-state index is 12.1. The first-order chi connectivity index (χ1) is 13.0. The second kappa shape index (κ2) is 8.47. The largest absolute Gasteiger partial charge is 0.473 e. The fourth-order valence-electron chi connectivity index (χ4n) is 3.24. The molecule has 0 bridgehead atoms. The van der Waals surface area contributed by atoms with Crippen molar-refractivity contribution in [2.24, 2.45) is 5.92 Å². The summed E-state index contributed by atoms with van der Waals surface area (Å²) < 4.78 is 16.3. The molecule has 1 saturated carbocycles. The Hall–Kier alpha value is -2.48. The van der Waals surface area contributed by atoms with Crippen LogP contribution in [0.3, 0.4) is 0 Å². The van der Waals surface area contributed by atoms with Crippen LogP contribution in [-0.2, 0) is 16.1 Å². The maximum absolute atomic E-state index is 12.1. The van der Waals surface area contributed by atoms with Crippen molar-refractivity contribution in [2.75, 3.05) is 0 Å². The molecule has 1 aliphatic rings. The Morgan fingerprint density at radius 2 is 2.15 bits per heavy atom. The number of rotatable bonds is 6. The third-order valence-corrected chi connectivity index (χ3v) is 4.61. The molecule has 146 valence electrons. The van der Waals surface area contributed by atoms with Crippen LogP contribution in [0.2, 0.25) is 0 Å². The van der Waals surface area contributed by atoms with E-state index in [9.17, 15) is 9.90 Å². The van der Waals surface area contributed by atoms with Crippen molar-refractivity contribution in [2.45, 2.75) is 65.3 Å². The van der Waals surface area contributed by atoms with E-state index in [0.29, 0.717) is 35.0 Å². The van der Waals surface area contributed by atoms with E-state index in [1.807, 2.05) is 13.8 Å². The number of aliphatic hydroxyl groups excluding tert-OH is 1. The van der Waals surface area contributed by atoms with Gasteiger partial charge in [0, 0.05) is 5.56 Å². The molecule has 2 atom stereocenters. The minimum absolute atomic E-state index is 0.0918. The molecule has 2 aromatic heterocycles. The molecule has 1 aliphatic carbocycles. The van der Waals surface area contributed by atoms with E-state index in [1.165, 1.54) is 6.20 Å². The topological polar surface area (TPSA) is 108 Å². The molecule has 0 unspecified atom stereocenters. The molecule has 0 aromatic carbocycles. The van der Waals surface area contributed by atoms with Gasteiger partial charge in [0.1, 0.15) is 23.3 Å². The Bertz CT molecular complexity index is 772. The smallest absolute Gasteiger partial charge is 0.309 e. The fraction of sp³-hybridized carbons (Fsp3) is 0.579. The second-order valence-electron chi connectivity index (χ2n) is 7.05. The van der Waals surface area contributed by atoms with Gasteiger partial charge in [-0.1, -0.05) is 5.16 Å². The Morgan fingerprint density at radius 3 is 2.81 bits per heavy atom. The lowest BCUT2D eigenvalue weighted by molar-refractivity contribution is -0.154. The van der Waals surface area contributed by atoms with Crippen molar-refractivity contribution < 1.29 is 23.9 Å². The van der Waals surface area contributed by atoms with Crippen molar-refractivity contribution >= 4 is 5.97 Å². The van der Waals surface area contributed by atoms with Crippen molar-refractivity contribution in [1.29, 1.82) is 0 Å². The summed E-state index contributed by atoms with van der Waals surface area (Å²) in [7, 11) is 0. The first-order valence-electron chi connectivity index (χ1n) is 9.23. The fourth-order valence-corrected chi connectivity index (χ4v) is 3.24. The highest BCUT2D eigenvalue weighted by atomic mass is 16.5. The van der Waals surface area contributed by atoms with E-state index in [1.54, 1.807) is 13.1 Å². The first kappa shape index (κ1) is 19.3. The van der Waals surface area contributed by atoms with E-state index in [0.717, 1.165) is 19.3 Å². The summed E-state index contributed by atoms with van der Waals surface area (Å²) in [5.41, 5.74) is 1.57. The van der Waals surface area contributed by atoms with Crippen LogP contribution in [-0.4, -0.2) is 38.4 Å². The molecule has 27 heavy (non-hydrogen) atoms. The molecule has 8 heteroatoms. The molecule has 0 spiro atoms. The van der Waals surface area contributed by atoms with Crippen LogP contribution in [0, 0.1) is 12.8 Å². The quantitative estimate of drug-likeness (QED) is 0.768. The van der Waals surface area contributed by atoms with Gasteiger partial charge in [0.15, 0.2) is 0 Å². The molecule has 1 N–H and O–H groups in total. The van der Waals surface area contributed by atoms with Crippen LogP contribution in [0.4, 0.5) is 0 Å². The van der Waals surface area contributed by atoms with E-state index in [2.05, 4.69) is 15.1 Å². The average Bonchev–Trinajstić information content (AvgIpc) is 3.02. The van der Waals surface area contributed by atoms with Gasteiger partial charge in [-0.3, -0.25) is 4.79 Å². The standard InChI is InChI=1S/C19H25N3O5/c1-11(2)25-19(24)13-5-4-6-14(7-13)26-17-9-20-16(8-21-17)18-15(10-23)12(3)27-22-18/h8-9,11,13-14,23H,4-7,10H2,1-3H3/t13-,14-/m0/s1. The van der Waals surface area contributed by atoms with Gasteiger partial charge in [-0.05, 0) is 46.5 Å². The molecule has 0 amide bonds. The molecule has 2 aromatic rings. The van der Waals surface area contributed by atoms with Gasteiger partial charge in [0.05, 0.1) is 31.0 Å². The van der Waals surface area contributed by atoms with Crippen LogP contribution in [0.25, 0.3) is 11.4 Å². The molecule has 8 nitrogen and oxygen atoms in total. The predicted octanol–water partition coefficient (Wildman–Crippen LogP) is 2.82. The van der Waals surface area contributed by atoms with E-state index in [4.69, 9.17) is 14.0 Å². The third-order valence-electron chi connectivity index (χ3n) is 4.61. The van der Waals surface area contributed by atoms with Crippen molar-refractivity contribution in [3.63, 3.8) is 0 Å². The number of nitrogens with zero attached hydrogens (tertiary/aromatic N) is 3. The van der Waals surface area contributed by atoms with Crippen LogP contribution in [0.1, 0.15) is 50.9 Å². The van der Waals surface area contributed by atoms with Gasteiger partial charge in [0.25, 0.3) is 0 Å². The maximum Gasteiger partial charge on any atom is 0.309 e. The van der Waals surface area contributed by atoms with Crippen LogP contribution < -0.4 is 4.74 Å². The highest BCUT2D eigenvalue weighted by Gasteiger charge is 2.30. The predicted molar refractivity (Wildman–Crippen MR) is 95.8 cm³/mol. The molecule has 3 rings (SSSR count). The number of ether oxygens (including phenoxy) is 2. The zero-order valence-corrected chi connectivity index (χ0v) is 15.8. The number of aromatic nitrogens is 3. The number of esters is 1. The molecule has 0 saturated heterocycles. The summed E-state index contributed by atoms with van der Waals surface area (Å²) in [5.74, 6) is 0.657. The molecular weight excluding hydrogens is 350 g/mol. The zero-order chi connectivity index (χ0) is 19.4. The number of aryl methyl sites for hydroxylation is 1. The lowest BCUT2D eigenvalue weighted by Gasteiger charge is -2.28.